The fraction of sp³-hybridized carbons (Fsp3) is 1.00. The Morgan fingerprint density at radius 1 is 1.16 bits per heavy atom. The topological polar surface area (TPSA) is 93.1 Å². The Bertz CT molecular complexity index is 524. The van der Waals surface area contributed by atoms with Crippen LogP contribution < -0.4 is 0 Å². The van der Waals surface area contributed by atoms with Crippen molar-refractivity contribution >= 4 is 18.1 Å². The monoisotopic (exact) mass is 401 g/mol. The lowest BCUT2D eigenvalue weighted by atomic mass is 9.90. The lowest BCUT2D eigenvalue weighted by Gasteiger charge is -2.38. The van der Waals surface area contributed by atoms with Gasteiger partial charge in [0, 0.05) is 18.2 Å². The van der Waals surface area contributed by atoms with Crippen LogP contribution in [0.3, 0.4) is 0 Å². The maximum atomic E-state index is 12.2. The summed E-state index contributed by atoms with van der Waals surface area (Å²) in [6.45, 7) is 14.1. The van der Waals surface area contributed by atoms with Crippen LogP contribution in [-0.4, -0.2) is 67.5 Å². The summed E-state index contributed by atoms with van der Waals surface area (Å²) in [5.74, 6) is 0. The summed E-state index contributed by atoms with van der Waals surface area (Å²) >= 11 is 0. The van der Waals surface area contributed by atoms with Crippen molar-refractivity contribution in [1.82, 2.24) is 4.31 Å². The molecule has 0 aliphatic rings. The van der Waals surface area contributed by atoms with Gasteiger partial charge in [0.2, 0.25) is 10.0 Å². The Morgan fingerprint density at radius 2 is 1.68 bits per heavy atom. The van der Waals surface area contributed by atoms with Crippen molar-refractivity contribution in [2.45, 2.75) is 66.2 Å². The van der Waals surface area contributed by atoms with E-state index in [0.29, 0.717) is 0 Å². The fourth-order valence-corrected chi connectivity index (χ4v) is 3.84. The van der Waals surface area contributed by atoms with E-state index in [2.05, 4.69) is 0 Å². The Labute approximate surface area is 154 Å². The summed E-state index contributed by atoms with van der Waals surface area (Å²) in [6, 6.07) is 0. The molecule has 3 atom stereocenters. The molecule has 0 aliphatic heterocycles. The van der Waals surface area contributed by atoms with E-state index >= 15 is 0 Å². The van der Waals surface area contributed by atoms with Crippen LogP contribution in [0.15, 0.2) is 0 Å². The highest BCUT2D eigenvalue weighted by atomic mass is 32.2. The average Bonchev–Trinajstić information content (AvgIpc) is 2.35. The number of hydrogen-bond acceptors (Lipinski definition) is 5. The number of sulfonamides is 1. The smallest absolute Gasteiger partial charge is 0.211 e. The molecule has 152 valence electrons. The summed E-state index contributed by atoms with van der Waals surface area (Å²) in [5, 5.41) is 0. The van der Waals surface area contributed by atoms with Gasteiger partial charge in [0.15, 0.2) is 8.03 Å². The number of rotatable bonds is 10. The highest BCUT2D eigenvalue weighted by Crippen LogP contribution is 2.25. The van der Waals surface area contributed by atoms with E-state index in [-0.39, 0.29) is 37.4 Å². The van der Waals surface area contributed by atoms with Gasteiger partial charge >= 0.3 is 0 Å². The predicted octanol–water partition coefficient (Wildman–Crippen LogP) is 2.35. The number of hydrogen-bond donors (Lipinski definition) is 1. The van der Waals surface area contributed by atoms with Crippen LogP contribution in [-0.2, 0) is 24.1 Å². The first kappa shape index (κ1) is 25.0. The van der Waals surface area contributed by atoms with Crippen LogP contribution in [0.1, 0.15) is 48.5 Å². The van der Waals surface area contributed by atoms with Gasteiger partial charge < -0.3 is 14.4 Å². The maximum absolute atomic E-state index is 12.2. The van der Waals surface area contributed by atoms with Crippen molar-refractivity contribution in [1.29, 1.82) is 0 Å². The second kappa shape index (κ2) is 9.81. The molecule has 0 rings (SSSR count). The van der Waals surface area contributed by atoms with Crippen molar-refractivity contribution in [3.63, 3.8) is 0 Å². The molecule has 0 aromatic carbocycles. The van der Waals surface area contributed by atoms with Crippen LogP contribution >= 0.6 is 8.03 Å². The molecule has 0 spiro atoms. The molecule has 0 aliphatic carbocycles. The molecular weight excluding hydrogens is 365 g/mol. The van der Waals surface area contributed by atoms with Gasteiger partial charge in [-0.1, -0.05) is 20.8 Å². The van der Waals surface area contributed by atoms with Crippen molar-refractivity contribution < 1.29 is 27.3 Å². The van der Waals surface area contributed by atoms with Crippen LogP contribution in [0, 0.1) is 5.41 Å². The lowest BCUT2D eigenvalue weighted by Crippen LogP contribution is -2.51. The van der Waals surface area contributed by atoms with Gasteiger partial charge in [0.05, 0.1) is 31.7 Å². The fourth-order valence-electron chi connectivity index (χ4n) is 2.09. The Kier molecular flexibility index (Phi) is 9.82. The maximum Gasteiger partial charge on any atom is 0.211 e. The molecule has 0 aromatic rings. The molecule has 25 heavy (non-hydrogen) atoms. The Morgan fingerprint density at radius 3 is 2.04 bits per heavy atom. The molecule has 0 fully saturated rings. The first-order valence-electron chi connectivity index (χ1n) is 8.48. The zero-order chi connectivity index (χ0) is 20.1. The highest BCUT2D eigenvalue weighted by Gasteiger charge is 2.34. The van der Waals surface area contributed by atoms with Gasteiger partial charge in [-0.25, -0.2) is 8.42 Å². The molecule has 0 radical (unpaired) electrons. The van der Waals surface area contributed by atoms with E-state index in [9.17, 15) is 13.0 Å². The lowest BCUT2D eigenvalue weighted by molar-refractivity contribution is -0.0933. The van der Waals surface area contributed by atoms with Gasteiger partial charge in [-0.3, -0.25) is 4.57 Å². The second-order valence-corrected chi connectivity index (χ2v) is 11.6. The third kappa shape index (κ3) is 10.7. The van der Waals surface area contributed by atoms with Gasteiger partial charge in [-0.2, -0.15) is 4.31 Å². The largest absolute Gasteiger partial charge is 0.378 e. The third-order valence-electron chi connectivity index (χ3n) is 3.90. The molecule has 1 N–H and O–H groups in total. The van der Waals surface area contributed by atoms with E-state index < -0.39 is 29.7 Å². The van der Waals surface area contributed by atoms with Gasteiger partial charge in [-0.05, 0) is 33.1 Å². The molecule has 0 bridgehead atoms. The molecule has 0 heterocycles. The number of ether oxygens (including phenoxy) is 2. The minimum atomic E-state index is -3.42. The molecule has 1 unspecified atom stereocenters. The predicted molar refractivity (Wildman–Crippen MR) is 102 cm³/mol. The van der Waals surface area contributed by atoms with Crippen molar-refractivity contribution in [2.24, 2.45) is 5.41 Å². The van der Waals surface area contributed by atoms with E-state index in [1.807, 2.05) is 48.5 Å². The van der Waals surface area contributed by atoms with Crippen LogP contribution in [0.25, 0.3) is 0 Å². The van der Waals surface area contributed by atoms with Crippen LogP contribution in [0.5, 0.6) is 0 Å². The third-order valence-corrected chi connectivity index (χ3v) is 6.03. The van der Waals surface area contributed by atoms with Crippen molar-refractivity contribution in [3.05, 3.63) is 0 Å². The minimum Gasteiger partial charge on any atom is -0.378 e. The van der Waals surface area contributed by atoms with E-state index in [0.717, 1.165) is 0 Å². The molecule has 9 heteroatoms. The standard InChI is InChI=1S/C16H36NO6PS/c1-13(15(2,3)4)23-14(12-22-9-10-24(18)19)11-17(16(5,6)7)25(8,20)21/h13-14,24H,9-12H2,1-8H3,(H,18,19)/t13-,14-/m0/s1. The second-order valence-electron chi connectivity index (χ2n) is 8.45. The normalized spacial score (nSPS) is 17.5. The zero-order valence-corrected chi connectivity index (χ0v) is 18.6. The first-order valence-corrected chi connectivity index (χ1v) is 11.9. The van der Waals surface area contributed by atoms with E-state index in [4.69, 9.17) is 14.4 Å². The zero-order valence-electron chi connectivity index (χ0n) is 16.8. The molecule has 0 saturated carbocycles. The summed E-state index contributed by atoms with van der Waals surface area (Å²) in [4.78, 5) is 8.88. The van der Waals surface area contributed by atoms with E-state index in [1.54, 1.807) is 0 Å². The van der Waals surface area contributed by atoms with Gasteiger partial charge in [-0.15, -0.1) is 0 Å². The Hall–Kier alpha value is 0.0200. The van der Waals surface area contributed by atoms with Crippen LogP contribution in [0.4, 0.5) is 0 Å². The molecule has 7 nitrogen and oxygen atoms in total. The van der Waals surface area contributed by atoms with Gasteiger partial charge in [0.25, 0.3) is 0 Å². The van der Waals surface area contributed by atoms with Crippen molar-refractivity contribution in [2.75, 3.05) is 32.2 Å². The Balaban J connectivity index is 5.17. The molecule has 0 aromatic heterocycles. The molecule has 0 amide bonds. The minimum absolute atomic E-state index is 0.0846. The van der Waals surface area contributed by atoms with Crippen molar-refractivity contribution in [3.8, 4) is 0 Å². The van der Waals surface area contributed by atoms with E-state index in [1.165, 1.54) is 10.6 Å². The highest BCUT2D eigenvalue weighted by molar-refractivity contribution is 7.88. The molecular formula is C16H36NO6PS. The summed E-state index contributed by atoms with van der Waals surface area (Å²) < 4.78 is 48.1. The SMILES string of the molecule is C[C@H](O[C@H](COCC[PH](=O)O)CN(C(C)(C)C)S(C)(=O)=O)C(C)(C)C. The summed E-state index contributed by atoms with van der Waals surface area (Å²) in [6.07, 6.45) is 0.686. The summed E-state index contributed by atoms with van der Waals surface area (Å²) in [5.41, 5.74) is -0.692. The van der Waals surface area contributed by atoms with Crippen LogP contribution in [0.2, 0.25) is 0 Å². The first-order chi connectivity index (χ1) is 11.0. The molecule has 0 saturated heterocycles. The van der Waals surface area contributed by atoms with Gasteiger partial charge in [0.1, 0.15) is 0 Å². The summed E-state index contributed by atoms with van der Waals surface area (Å²) in [7, 11) is -5.99. The number of nitrogens with zero attached hydrogens (tertiary/aromatic N) is 1. The quantitative estimate of drug-likeness (QED) is 0.446. The average molecular weight is 402 g/mol.